The lowest BCUT2D eigenvalue weighted by Gasteiger charge is -2.08. The molecule has 0 radical (unpaired) electrons. The Morgan fingerprint density at radius 2 is 1.82 bits per heavy atom. The van der Waals surface area contributed by atoms with Crippen LogP contribution in [-0.4, -0.2) is 25.0 Å². The largest absolute Gasteiger partial charge is 0.482 e. The summed E-state index contributed by atoms with van der Waals surface area (Å²) in [5, 5.41) is 0.720. The van der Waals surface area contributed by atoms with E-state index in [1.54, 1.807) is 19.1 Å². The Morgan fingerprint density at radius 1 is 1.04 bits per heavy atom. The molecule has 0 bridgehead atoms. The minimum absolute atomic E-state index is 0.251. The van der Waals surface area contributed by atoms with Crippen molar-refractivity contribution in [2.75, 3.05) is 13.2 Å². The van der Waals surface area contributed by atoms with Crippen LogP contribution in [-0.2, 0) is 9.53 Å². The molecule has 0 aliphatic carbocycles. The van der Waals surface area contributed by atoms with Crippen molar-refractivity contribution < 1.29 is 32.3 Å². The zero-order valence-corrected chi connectivity index (χ0v) is 14.7. The zero-order valence-electron chi connectivity index (χ0n) is 14.7. The molecule has 1 aromatic heterocycles. The first-order chi connectivity index (χ1) is 13.3. The maximum atomic E-state index is 13.5. The molecule has 0 amide bonds. The van der Waals surface area contributed by atoms with Gasteiger partial charge in [0.15, 0.2) is 13.2 Å². The molecule has 0 atom stereocenters. The second-order valence-corrected chi connectivity index (χ2v) is 5.90. The van der Waals surface area contributed by atoms with E-state index < -0.39 is 47.8 Å². The lowest BCUT2D eigenvalue weighted by molar-refractivity contribution is -0.144. The van der Waals surface area contributed by atoms with Crippen LogP contribution in [0, 0.1) is 18.6 Å². The smallest absolute Gasteiger partial charge is 0.344 e. The van der Waals surface area contributed by atoms with Gasteiger partial charge in [-0.2, -0.15) is 0 Å². The Bertz CT molecular complexity index is 1120. The maximum Gasteiger partial charge on any atom is 0.344 e. The van der Waals surface area contributed by atoms with Crippen molar-refractivity contribution in [3.8, 4) is 5.75 Å². The topological polar surface area (TPSA) is 82.8 Å². The van der Waals surface area contributed by atoms with Gasteiger partial charge in [0.25, 0.3) is 0 Å². The molecule has 3 aromatic rings. The molecule has 0 unspecified atom stereocenters. The average Bonchev–Trinajstić information content (AvgIpc) is 2.65. The summed E-state index contributed by atoms with van der Waals surface area (Å²) in [6.45, 7) is 0.477. The molecule has 2 aromatic carbocycles. The van der Waals surface area contributed by atoms with Crippen molar-refractivity contribution in [1.29, 1.82) is 0 Å². The molecule has 6 nitrogen and oxygen atoms in total. The van der Waals surface area contributed by atoms with Gasteiger partial charge in [-0.05, 0) is 42.8 Å². The molecule has 0 fully saturated rings. The minimum atomic E-state index is -0.911. The normalized spacial score (nSPS) is 10.7. The van der Waals surface area contributed by atoms with Gasteiger partial charge in [0, 0.05) is 17.5 Å². The molecule has 0 saturated carbocycles. The summed E-state index contributed by atoms with van der Waals surface area (Å²) in [5.41, 5.74) is 0.0197. The Balaban J connectivity index is 1.58. The highest BCUT2D eigenvalue weighted by Crippen LogP contribution is 2.22. The van der Waals surface area contributed by atoms with Gasteiger partial charge in [0.05, 0.1) is 5.56 Å². The van der Waals surface area contributed by atoms with Crippen LogP contribution in [0.1, 0.15) is 15.9 Å². The number of hydrogen-bond donors (Lipinski definition) is 0. The number of Topliss-reactive ketones (excluding diaryl/α,β-unsaturated/α-hetero) is 1. The third kappa shape index (κ3) is 4.40. The van der Waals surface area contributed by atoms with Gasteiger partial charge in [0.1, 0.15) is 23.0 Å². The lowest BCUT2D eigenvalue weighted by Crippen LogP contribution is -2.20. The standard InChI is InChI=1S/C20H14F2O6/c1-11-6-19(24)28-18-8-13(3-4-14(11)18)26-10-20(25)27-9-17(23)15-7-12(21)2-5-16(15)22/h2-8H,9-10H2,1H3. The molecular weight excluding hydrogens is 374 g/mol. The summed E-state index contributed by atoms with van der Waals surface area (Å²) in [6.07, 6.45) is 0. The van der Waals surface area contributed by atoms with Crippen LogP contribution in [0.5, 0.6) is 5.75 Å². The quantitative estimate of drug-likeness (QED) is 0.366. The first-order valence-corrected chi connectivity index (χ1v) is 8.14. The van der Waals surface area contributed by atoms with Crippen molar-refractivity contribution in [1.82, 2.24) is 0 Å². The van der Waals surface area contributed by atoms with Gasteiger partial charge in [-0.3, -0.25) is 4.79 Å². The van der Waals surface area contributed by atoms with E-state index in [9.17, 15) is 23.2 Å². The summed E-state index contributed by atoms with van der Waals surface area (Å²) >= 11 is 0. The number of carbonyl (C=O) groups excluding carboxylic acids is 2. The molecular formula is C20H14F2O6. The van der Waals surface area contributed by atoms with Crippen LogP contribution >= 0.6 is 0 Å². The van der Waals surface area contributed by atoms with E-state index in [4.69, 9.17) is 13.9 Å². The molecule has 0 aliphatic rings. The SMILES string of the molecule is Cc1cc(=O)oc2cc(OCC(=O)OCC(=O)c3cc(F)ccc3F)ccc12. The number of hydrogen-bond acceptors (Lipinski definition) is 6. The van der Waals surface area contributed by atoms with Crippen molar-refractivity contribution in [2.45, 2.75) is 6.92 Å². The predicted molar refractivity (Wildman–Crippen MR) is 94.4 cm³/mol. The zero-order chi connectivity index (χ0) is 20.3. The summed E-state index contributed by atoms with van der Waals surface area (Å²) in [7, 11) is 0. The Hall–Kier alpha value is -3.55. The summed E-state index contributed by atoms with van der Waals surface area (Å²) in [4.78, 5) is 35.0. The van der Waals surface area contributed by atoms with Crippen LogP contribution in [0.25, 0.3) is 11.0 Å². The van der Waals surface area contributed by atoms with E-state index in [0.717, 1.165) is 29.1 Å². The predicted octanol–water partition coefficient (Wildman–Crippen LogP) is 3.18. The Labute approximate surface area is 157 Å². The summed E-state index contributed by atoms with van der Waals surface area (Å²) < 4.78 is 41.7. The molecule has 1 heterocycles. The maximum absolute atomic E-state index is 13.5. The van der Waals surface area contributed by atoms with Crippen molar-refractivity contribution in [3.05, 3.63) is 75.6 Å². The van der Waals surface area contributed by atoms with Gasteiger partial charge in [-0.15, -0.1) is 0 Å². The lowest BCUT2D eigenvalue weighted by atomic mass is 10.1. The molecule has 28 heavy (non-hydrogen) atoms. The van der Waals surface area contributed by atoms with Crippen LogP contribution in [0.2, 0.25) is 0 Å². The molecule has 0 N–H and O–H groups in total. The fourth-order valence-electron chi connectivity index (χ4n) is 2.51. The highest BCUT2D eigenvalue weighted by atomic mass is 19.1. The number of aryl methyl sites for hydroxylation is 1. The number of fused-ring (bicyclic) bond motifs is 1. The average molecular weight is 388 g/mol. The fourth-order valence-corrected chi connectivity index (χ4v) is 2.51. The number of ether oxygens (including phenoxy) is 2. The van der Waals surface area contributed by atoms with E-state index in [-0.39, 0.29) is 5.75 Å². The van der Waals surface area contributed by atoms with Crippen molar-refractivity contribution in [2.24, 2.45) is 0 Å². The van der Waals surface area contributed by atoms with Crippen LogP contribution in [0.15, 0.2) is 51.7 Å². The second-order valence-electron chi connectivity index (χ2n) is 5.90. The van der Waals surface area contributed by atoms with Crippen LogP contribution < -0.4 is 10.4 Å². The number of carbonyl (C=O) groups is 2. The van der Waals surface area contributed by atoms with Crippen LogP contribution in [0.3, 0.4) is 0 Å². The number of rotatable bonds is 6. The third-order valence-corrected chi connectivity index (χ3v) is 3.87. The molecule has 0 aliphatic heterocycles. The van der Waals surface area contributed by atoms with Crippen molar-refractivity contribution >= 4 is 22.7 Å². The number of halogens is 2. The fraction of sp³-hybridized carbons (Fsp3) is 0.150. The van der Waals surface area contributed by atoms with Crippen molar-refractivity contribution in [3.63, 3.8) is 0 Å². The Kier molecular flexibility index (Phi) is 5.49. The van der Waals surface area contributed by atoms with Gasteiger partial charge in [-0.25, -0.2) is 18.4 Å². The first kappa shape index (κ1) is 19.2. The van der Waals surface area contributed by atoms with Gasteiger partial charge in [0.2, 0.25) is 5.78 Å². The molecule has 8 heteroatoms. The monoisotopic (exact) mass is 388 g/mol. The number of esters is 1. The molecule has 144 valence electrons. The molecule has 0 spiro atoms. The summed E-state index contributed by atoms with van der Waals surface area (Å²) in [5.74, 6) is -3.20. The van der Waals surface area contributed by atoms with Gasteiger partial charge in [-0.1, -0.05) is 0 Å². The highest BCUT2D eigenvalue weighted by Gasteiger charge is 2.15. The van der Waals surface area contributed by atoms with Gasteiger partial charge < -0.3 is 13.9 Å². The first-order valence-electron chi connectivity index (χ1n) is 8.14. The Morgan fingerprint density at radius 3 is 2.61 bits per heavy atom. The van der Waals surface area contributed by atoms with E-state index >= 15 is 0 Å². The van der Waals surface area contributed by atoms with E-state index in [0.29, 0.717) is 5.58 Å². The second kappa shape index (κ2) is 7.99. The minimum Gasteiger partial charge on any atom is -0.482 e. The summed E-state index contributed by atoms with van der Waals surface area (Å²) in [6, 6.07) is 8.47. The molecule has 0 saturated heterocycles. The molecule has 3 rings (SSSR count). The third-order valence-electron chi connectivity index (χ3n) is 3.87. The van der Waals surface area contributed by atoms with E-state index in [1.807, 2.05) is 0 Å². The highest BCUT2D eigenvalue weighted by molar-refractivity contribution is 5.98. The number of benzene rings is 2. The van der Waals surface area contributed by atoms with E-state index in [2.05, 4.69) is 0 Å². The number of ketones is 1. The van der Waals surface area contributed by atoms with Gasteiger partial charge >= 0.3 is 11.6 Å². The van der Waals surface area contributed by atoms with Crippen LogP contribution in [0.4, 0.5) is 8.78 Å². The van der Waals surface area contributed by atoms with E-state index in [1.165, 1.54) is 12.1 Å².